The Kier molecular flexibility index (Phi) is 5.96. The number of amides is 2. The van der Waals surface area contributed by atoms with Crippen LogP contribution in [0.1, 0.15) is 38.8 Å². The van der Waals surface area contributed by atoms with Gasteiger partial charge >= 0.3 is 28.1 Å². The molecular formula is C20H14F7NO5S. The third-order valence-electron chi connectivity index (χ3n) is 5.06. The Labute approximate surface area is 188 Å². The maximum Gasteiger partial charge on any atom is 0.435 e. The van der Waals surface area contributed by atoms with Gasteiger partial charge in [0.15, 0.2) is 5.75 Å². The van der Waals surface area contributed by atoms with Gasteiger partial charge < -0.3 is 4.18 Å². The molecule has 0 spiro atoms. The average Bonchev–Trinajstić information content (AvgIpc) is 2.96. The Balaban J connectivity index is 2.10. The first-order valence-electron chi connectivity index (χ1n) is 9.33. The highest BCUT2D eigenvalue weighted by molar-refractivity contribution is 7.87. The summed E-state index contributed by atoms with van der Waals surface area (Å²) >= 11 is 0. The van der Waals surface area contributed by atoms with Crippen LogP contribution < -0.4 is 9.08 Å². The number of fused-ring (bicyclic) bond motifs is 1. The van der Waals surface area contributed by atoms with Gasteiger partial charge in [-0.05, 0) is 37.6 Å². The van der Waals surface area contributed by atoms with Crippen LogP contribution in [0.15, 0.2) is 36.4 Å². The van der Waals surface area contributed by atoms with Gasteiger partial charge in [0.2, 0.25) is 0 Å². The summed E-state index contributed by atoms with van der Waals surface area (Å²) in [6, 6.07) is 4.45. The fourth-order valence-electron chi connectivity index (χ4n) is 3.35. The number of hydrogen-bond donors (Lipinski definition) is 0. The number of aryl methyl sites for hydroxylation is 1. The molecular weight excluding hydrogens is 499 g/mol. The summed E-state index contributed by atoms with van der Waals surface area (Å²) in [5.74, 6) is -3.11. The maximum absolute atomic E-state index is 14.4. The first-order chi connectivity index (χ1) is 15.5. The highest BCUT2D eigenvalue weighted by Crippen LogP contribution is 2.53. The number of alkyl halides is 7. The Morgan fingerprint density at radius 1 is 0.912 bits per heavy atom. The van der Waals surface area contributed by atoms with E-state index in [1.165, 1.54) is 13.0 Å². The largest absolute Gasteiger partial charge is 0.435 e. The minimum atomic E-state index is -6.34. The fraction of sp³-hybridized carbons (Fsp3) is 0.300. The summed E-state index contributed by atoms with van der Waals surface area (Å²) < 4.78 is 121. The average molecular weight is 513 g/mol. The van der Waals surface area contributed by atoms with Crippen LogP contribution in [0.5, 0.6) is 5.75 Å². The van der Waals surface area contributed by atoms with Crippen molar-refractivity contribution < 1.29 is 52.9 Å². The van der Waals surface area contributed by atoms with E-state index in [1.807, 2.05) is 0 Å². The standard InChI is InChI=1S/C20H14F7NO5S/c1-3-34(31,32)33-14-6-4-5-12-15(14)17(30)28(16(12)29)13-8-7-11(9-10(13)2)18(21,19(22,23)24)20(25,26)27/h4-9H,3H2,1-2H3. The number of imide groups is 1. The predicted octanol–water partition coefficient (Wildman–Crippen LogP) is 4.81. The van der Waals surface area contributed by atoms with Crippen molar-refractivity contribution >= 4 is 27.6 Å². The van der Waals surface area contributed by atoms with Gasteiger partial charge in [0.1, 0.15) is 0 Å². The molecule has 0 unspecified atom stereocenters. The van der Waals surface area contributed by atoms with E-state index in [2.05, 4.69) is 0 Å². The first kappa shape index (κ1) is 25.5. The van der Waals surface area contributed by atoms with E-state index in [9.17, 15) is 48.7 Å². The van der Waals surface area contributed by atoms with Crippen molar-refractivity contribution in [3.63, 3.8) is 0 Å². The van der Waals surface area contributed by atoms with Crippen LogP contribution in [0, 0.1) is 6.92 Å². The zero-order chi connectivity index (χ0) is 25.9. The maximum atomic E-state index is 14.4. The topological polar surface area (TPSA) is 80.8 Å². The van der Waals surface area contributed by atoms with Gasteiger partial charge in [0, 0.05) is 5.56 Å². The molecule has 3 rings (SSSR count). The van der Waals surface area contributed by atoms with Crippen LogP contribution in [0.4, 0.5) is 36.4 Å². The summed E-state index contributed by atoms with van der Waals surface area (Å²) in [7, 11) is -4.11. The van der Waals surface area contributed by atoms with E-state index in [0.717, 1.165) is 19.1 Å². The molecule has 0 bridgehead atoms. The van der Waals surface area contributed by atoms with Crippen LogP contribution in [-0.4, -0.2) is 38.3 Å². The molecule has 1 heterocycles. The second-order valence-corrected chi connectivity index (χ2v) is 9.07. The van der Waals surface area contributed by atoms with Crippen LogP contribution in [0.25, 0.3) is 0 Å². The molecule has 2 aromatic carbocycles. The lowest BCUT2D eigenvalue weighted by Crippen LogP contribution is -2.50. The van der Waals surface area contributed by atoms with E-state index >= 15 is 0 Å². The van der Waals surface area contributed by atoms with Crippen molar-refractivity contribution in [3.05, 3.63) is 58.7 Å². The van der Waals surface area contributed by atoms with Gasteiger partial charge in [-0.2, -0.15) is 34.8 Å². The molecule has 2 amide bonds. The number of benzene rings is 2. The molecule has 0 saturated heterocycles. The Bertz CT molecular complexity index is 1270. The lowest BCUT2D eigenvalue weighted by molar-refractivity contribution is -0.348. The lowest BCUT2D eigenvalue weighted by Gasteiger charge is -2.31. The van der Waals surface area contributed by atoms with E-state index in [4.69, 9.17) is 4.18 Å². The smallest absolute Gasteiger partial charge is 0.382 e. The van der Waals surface area contributed by atoms with Gasteiger partial charge in [-0.3, -0.25) is 9.59 Å². The van der Waals surface area contributed by atoms with Gasteiger partial charge in [-0.1, -0.05) is 18.2 Å². The Morgan fingerprint density at radius 2 is 1.50 bits per heavy atom. The van der Waals surface area contributed by atoms with Gasteiger partial charge in [0.05, 0.1) is 22.6 Å². The molecule has 0 N–H and O–H groups in total. The molecule has 14 heteroatoms. The predicted molar refractivity (Wildman–Crippen MR) is 104 cm³/mol. The Hall–Kier alpha value is -3.16. The minimum absolute atomic E-state index is 0.172. The number of anilines is 1. The SMILES string of the molecule is CCS(=O)(=O)Oc1cccc2c1C(=O)N(c1ccc(C(F)(C(F)(F)F)C(F)(F)F)cc1C)C2=O. The zero-order valence-electron chi connectivity index (χ0n) is 17.2. The second-order valence-electron chi connectivity index (χ2n) is 7.21. The van der Waals surface area contributed by atoms with Crippen molar-refractivity contribution in [1.82, 2.24) is 0 Å². The van der Waals surface area contributed by atoms with Crippen molar-refractivity contribution in [2.75, 3.05) is 10.7 Å². The molecule has 2 aromatic rings. The lowest BCUT2D eigenvalue weighted by atomic mass is 9.92. The minimum Gasteiger partial charge on any atom is -0.382 e. The summed E-state index contributed by atoms with van der Waals surface area (Å²) in [4.78, 5) is 26.2. The van der Waals surface area contributed by atoms with Crippen molar-refractivity contribution in [1.29, 1.82) is 0 Å². The molecule has 1 aliphatic rings. The molecule has 0 fully saturated rings. The highest BCUT2D eigenvalue weighted by atomic mass is 32.2. The van der Waals surface area contributed by atoms with E-state index in [0.29, 0.717) is 11.0 Å². The molecule has 184 valence electrons. The number of halogens is 7. The number of carbonyl (C=O) groups is 2. The van der Waals surface area contributed by atoms with Crippen LogP contribution in [0.2, 0.25) is 0 Å². The first-order valence-corrected chi connectivity index (χ1v) is 10.9. The molecule has 1 aliphatic heterocycles. The van der Waals surface area contributed by atoms with Gasteiger partial charge in [-0.15, -0.1) is 0 Å². The fourth-order valence-corrected chi connectivity index (χ4v) is 3.88. The quantitative estimate of drug-likeness (QED) is 0.326. The molecule has 34 heavy (non-hydrogen) atoms. The molecule has 0 aliphatic carbocycles. The Morgan fingerprint density at radius 3 is 2.00 bits per heavy atom. The van der Waals surface area contributed by atoms with Crippen LogP contribution in [0.3, 0.4) is 0 Å². The third kappa shape index (κ3) is 3.89. The monoisotopic (exact) mass is 513 g/mol. The molecule has 0 atom stereocenters. The van der Waals surface area contributed by atoms with Crippen LogP contribution >= 0.6 is 0 Å². The van der Waals surface area contributed by atoms with Crippen molar-refractivity contribution in [2.45, 2.75) is 31.9 Å². The third-order valence-corrected chi connectivity index (χ3v) is 6.20. The number of hydrogen-bond acceptors (Lipinski definition) is 5. The molecule has 0 saturated carbocycles. The van der Waals surface area contributed by atoms with E-state index in [-0.39, 0.29) is 17.7 Å². The highest BCUT2D eigenvalue weighted by Gasteiger charge is 2.73. The van der Waals surface area contributed by atoms with Gasteiger partial charge in [0.25, 0.3) is 11.8 Å². The summed E-state index contributed by atoms with van der Waals surface area (Å²) in [5.41, 5.74) is -9.12. The summed E-state index contributed by atoms with van der Waals surface area (Å²) in [5, 5.41) is 0. The zero-order valence-corrected chi connectivity index (χ0v) is 18.0. The summed E-state index contributed by atoms with van der Waals surface area (Å²) in [6.07, 6.45) is -12.7. The van der Waals surface area contributed by atoms with Crippen molar-refractivity contribution in [3.8, 4) is 5.75 Å². The summed E-state index contributed by atoms with van der Waals surface area (Å²) in [6.45, 7) is 2.24. The molecule has 0 aromatic heterocycles. The number of nitrogens with zero attached hydrogens (tertiary/aromatic N) is 1. The van der Waals surface area contributed by atoms with Gasteiger partial charge in [-0.25, -0.2) is 9.29 Å². The molecule has 6 nitrogen and oxygen atoms in total. The molecule has 0 radical (unpaired) electrons. The van der Waals surface area contributed by atoms with E-state index < -0.39 is 73.8 Å². The van der Waals surface area contributed by atoms with Crippen molar-refractivity contribution in [2.24, 2.45) is 0 Å². The normalized spacial score (nSPS) is 15.0. The van der Waals surface area contributed by atoms with E-state index in [1.54, 1.807) is 0 Å². The second kappa shape index (κ2) is 7.96. The number of rotatable bonds is 5. The number of carbonyl (C=O) groups excluding carboxylic acids is 2. The van der Waals surface area contributed by atoms with Crippen LogP contribution in [-0.2, 0) is 15.8 Å².